The molecule has 0 aliphatic carbocycles. The maximum Gasteiger partial charge on any atom is 0.323 e. The Labute approximate surface area is 161 Å². The maximum atomic E-state index is 12.7. The van der Waals surface area contributed by atoms with E-state index in [9.17, 15) is 19.2 Å². The van der Waals surface area contributed by atoms with Crippen LogP contribution in [0.1, 0.15) is 60.3 Å². The molecule has 2 unspecified atom stereocenters. The van der Waals surface area contributed by atoms with Crippen LogP contribution in [0.4, 0.5) is 0 Å². The molecular weight excluding hydrogens is 350 g/mol. The Kier molecular flexibility index (Phi) is 8.24. The average Bonchev–Trinajstić information content (AvgIpc) is 2.75. The van der Waals surface area contributed by atoms with Gasteiger partial charge in [0.2, 0.25) is 17.7 Å². The molecule has 3 amide bonds. The number of likely N-dealkylation sites (tertiary alicyclic amines) is 1. The molecule has 1 saturated heterocycles. The van der Waals surface area contributed by atoms with E-state index in [0.717, 1.165) is 0 Å². The zero-order chi connectivity index (χ0) is 20.8. The molecule has 2 atom stereocenters. The summed E-state index contributed by atoms with van der Waals surface area (Å²) in [5.74, 6) is -1.62. The third-order valence-electron chi connectivity index (χ3n) is 4.60. The van der Waals surface area contributed by atoms with Crippen molar-refractivity contribution in [3.63, 3.8) is 0 Å². The van der Waals surface area contributed by atoms with Gasteiger partial charge >= 0.3 is 5.97 Å². The van der Waals surface area contributed by atoms with Crippen LogP contribution < -0.4 is 5.32 Å². The van der Waals surface area contributed by atoms with E-state index < -0.39 is 12.0 Å². The monoisotopic (exact) mass is 383 g/mol. The minimum Gasteiger partial charge on any atom is -0.480 e. The van der Waals surface area contributed by atoms with Gasteiger partial charge in [0, 0.05) is 32.5 Å². The number of hydrogen-bond donors (Lipinski definition) is 2. The average molecular weight is 383 g/mol. The number of nitrogens with zero attached hydrogens (tertiary/aromatic N) is 2. The smallest absolute Gasteiger partial charge is 0.323 e. The second-order valence-electron chi connectivity index (χ2n) is 8.48. The summed E-state index contributed by atoms with van der Waals surface area (Å²) in [6.45, 7) is 9.58. The van der Waals surface area contributed by atoms with Crippen molar-refractivity contribution in [2.45, 2.75) is 72.4 Å². The Morgan fingerprint density at radius 3 is 2.33 bits per heavy atom. The van der Waals surface area contributed by atoms with Gasteiger partial charge in [0.15, 0.2) is 0 Å². The first-order valence-corrected chi connectivity index (χ1v) is 9.48. The van der Waals surface area contributed by atoms with Gasteiger partial charge in [-0.15, -0.1) is 0 Å². The topological polar surface area (TPSA) is 107 Å². The lowest BCUT2D eigenvalue weighted by Gasteiger charge is -2.29. The van der Waals surface area contributed by atoms with Gasteiger partial charge in [-0.25, -0.2) is 0 Å². The highest BCUT2D eigenvalue weighted by atomic mass is 16.4. The van der Waals surface area contributed by atoms with Gasteiger partial charge in [-0.05, 0) is 31.6 Å². The lowest BCUT2D eigenvalue weighted by molar-refractivity contribution is -0.145. The molecule has 8 nitrogen and oxygen atoms in total. The van der Waals surface area contributed by atoms with Crippen LogP contribution in [0, 0.1) is 5.41 Å². The van der Waals surface area contributed by atoms with Crippen LogP contribution in [0.5, 0.6) is 0 Å². The van der Waals surface area contributed by atoms with E-state index in [1.54, 1.807) is 11.8 Å². The maximum absolute atomic E-state index is 12.7. The molecule has 0 spiro atoms. The van der Waals surface area contributed by atoms with Gasteiger partial charge in [-0.3, -0.25) is 19.2 Å². The van der Waals surface area contributed by atoms with E-state index in [0.29, 0.717) is 38.8 Å². The Bertz CT molecular complexity index is 570. The van der Waals surface area contributed by atoms with E-state index in [4.69, 9.17) is 5.11 Å². The minimum atomic E-state index is -1.04. The van der Waals surface area contributed by atoms with Crippen molar-refractivity contribution < 1.29 is 24.3 Å². The molecule has 154 valence electrons. The third kappa shape index (κ3) is 7.97. The van der Waals surface area contributed by atoms with Gasteiger partial charge in [0.05, 0.1) is 0 Å². The third-order valence-corrected chi connectivity index (χ3v) is 4.60. The molecular formula is C19H33N3O5. The van der Waals surface area contributed by atoms with Crippen molar-refractivity contribution in [3.8, 4) is 0 Å². The Balaban J connectivity index is 2.65. The molecule has 1 rings (SSSR count). The summed E-state index contributed by atoms with van der Waals surface area (Å²) < 4.78 is 0. The number of carboxylic acids is 1. The molecule has 1 aliphatic rings. The molecule has 2 N–H and O–H groups in total. The largest absolute Gasteiger partial charge is 0.480 e. The first-order valence-electron chi connectivity index (χ1n) is 9.48. The van der Waals surface area contributed by atoms with E-state index in [-0.39, 0.29) is 35.7 Å². The fourth-order valence-corrected chi connectivity index (χ4v) is 3.36. The van der Waals surface area contributed by atoms with E-state index in [1.807, 2.05) is 20.8 Å². The molecule has 0 aromatic heterocycles. The molecule has 27 heavy (non-hydrogen) atoms. The van der Waals surface area contributed by atoms with E-state index >= 15 is 0 Å². The van der Waals surface area contributed by atoms with Gasteiger partial charge < -0.3 is 20.2 Å². The van der Waals surface area contributed by atoms with Crippen molar-refractivity contribution in [1.29, 1.82) is 0 Å². The molecule has 8 heteroatoms. The van der Waals surface area contributed by atoms with Crippen molar-refractivity contribution >= 4 is 23.7 Å². The van der Waals surface area contributed by atoms with Crippen molar-refractivity contribution in [2.24, 2.45) is 5.41 Å². The van der Waals surface area contributed by atoms with Crippen LogP contribution in [-0.2, 0) is 19.2 Å². The van der Waals surface area contributed by atoms with E-state index in [1.165, 1.54) is 11.8 Å². The Hall–Kier alpha value is -2.12. The van der Waals surface area contributed by atoms with Crippen LogP contribution in [0.2, 0.25) is 0 Å². The van der Waals surface area contributed by atoms with Crippen LogP contribution >= 0.6 is 0 Å². The Morgan fingerprint density at radius 2 is 1.81 bits per heavy atom. The molecule has 0 bridgehead atoms. The number of aliphatic carboxylic acids is 1. The molecule has 0 saturated carbocycles. The van der Waals surface area contributed by atoms with Crippen LogP contribution in [-0.4, -0.2) is 70.3 Å². The standard InChI is InChI=1S/C19H33N3O5/c1-13(20-16(24)11-19(3,4)5)18(27)21-9-6-7-15(8-10-21)22(14(2)23)12-17(25)26/h13,15H,6-12H2,1-5H3,(H,20,24)(H,25,26). The lowest BCUT2D eigenvalue weighted by Crippen LogP contribution is -2.48. The number of carbonyl (C=O) groups is 4. The number of hydrogen-bond acceptors (Lipinski definition) is 4. The van der Waals surface area contributed by atoms with Crippen molar-refractivity contribution in [2.75, 3.05) is 19.6 Å². The van der Waals surface area contributed by atoms with Gasteiger partial charge in [-0.1, -0.05) is 20.8 Å². The summed E-state index contributed by atoms with van der Waals surface area (Å²) in [5, 5.41) is 11.8. The number of rotatable bonds is 6. The SMILES string of the molecule is CC(=O)N(CC(=O)O)C1CCCN(C(=O)C(C)NC(=O)CC(C)(C)C)CC1. The van der Waals surface area contributed by atoms with Crippen LogP contribution in [0.3, 0.4) is 0 Å². The normalized spacial score (nSPS) is 19.0. The molecule has 0 aromatic carbocycles. The summed E-state index contributed by atoms with van der Waals surface area (Å²) in [4.78, 5) is 50.6. The fourth-order valence-electron chi connectivity index (χ4n) is 3.36. The van der Waals surface area contributed by atoms with Gasteiger partial charge in [0.25, 0.3) is 0 Å². The number of nitrogens with one attached hydrogen (secondary N) is 1. The van der Waals surface area contributed by atoms with E-state index in [2.05, 4.69) is 5.32 Å². The highest BCUT2D eigenvalue weighted by molar-refractivity contribution is 5.87. The predicted octanol–water partition coefficient (Wildman–Crippen LogP) is 1.24. The van der Waals surface area contributed by atoms with Crippen LogP contribution in [0.25, 0.3) is 0 Å². The lowest BCUT2D eigenvalue weighted by atomic mass is 9.92. The van der Waals surface area contributed by atoms with Gasteiger partial charge in [0.1, 0.15) is 12.6 Å². The number of carboxylic acid groups (broad SMARTS) is 1. The second-order valence-corrected chi connectivity index (χ2v) is 8.48. The first kappa shape index (κ1) is 22.9. The molecule has 1 aliphatic heterocycles. The predicted molar refractivity (Wildman–Crippen MR) is 101 cm³/mol. The molecule has 1 fully saturated rings. The zero-order valence-corrected chi connectivity index (χ0v) is 17.1. The molecule has 0 aromatic rings. The highest BCUT2D eigenvalue weighted by Crippen LogP contribution is 2.19. The molecule has 0 radical (unpaired) electrons. The minimum absolute atomic E-state index is 0.148. The summed E-state index contributed by atoms with van der Waals surface area (Å²) in [5.41, 5.74) is -0.150. The molecule has 1 heterocycles. The fraction of sp³-hybridized carbons (Fsp3) is 0.789. The first-order chi connectivity index (χ1) is 12.4. The Morgan fingerprint density at radius 1 is 1.19 bits per heavy atom. The number of carbonyl (C=O) groups excluding carboxylic acids is 3. The summed E-state index contributed by atoms with van der Waals surface area (Å²) in [6.07, 6.45) is 2.21. The summed E-state index contributed by atoms with van der Waals surface area (Å²) >= 11 is 0. The van der Waals surface area contributed by atoms with Gasteiger partial charge in [-0.2, -0.15) is 0 Å². The second kappa shape index (κ2) is 9.71. The highest BCUT2D eigenvalue weighted by Gasteiger charge is 2.29. The van der Waals surface area contributed by atoms with Crippen LogP contribution in [0.15, 0.2) is 0 Å². The zero-order valence-electron chi connectivity index (χ0n) is 17.1. The number of amides is 3. The quantitative estimate of drug-likeness (QED) is 0.718. The van der Waals surface area contributed by atoms with Crippen molar-refractivity contribution in [1.82, 2.24) is 15.1 Å². The summed E-state index contributed by atoms with van der Waals surface area (Å²) in [7, 11) is 0. The van der Waals surface area contributed by atoms with Crippen molar-refractivity contribution in [3.05, 3.63) is 0 Å². The summed E-state index contributed by atoms with van der Waals surface area (Å²) in [6, 6.07) is -0.804.